The van der Waals surface area contributed by atoms with Crippen molar-refractivity contribution in [2.45, 2.75) is 33.1 Å². The molecule has 2 N–H and O–H groups in total. The zero-order valence-electron chi connectivity index (χ0n) is 16.2. The van der Waals surface area contributed by atoms with Gasteiger partial charge in [0.05, 0.1) is 11.4 Å². The SMILES string of the molecule is CCC(=O)Nc1c(C)nn(-c2ccccc2)c1N1CCC(C(=O)NC)CC1. The van der Waals surface area contributed by atoms with Crippen LogP contribution in [0.5, 0.6) is 0 Å². The summed E-state index contributed by atoms with van der Waals surface area (Å²) in [6.45, 7) is 5.22. The summed E-state index contributed by atoms with van der Waals surface area (Å²) in [6.07, 6.45) is 1.97. The minimum Gasteiger partial charge on any atom is -0.359 e. The highest BCUT2D eigenvalue weighted by Crippen LogP contribution is 2.34. The number of aryl methyl sites for hydroxylation is 1. The quantitative estimate of drug-likeness (QED) is 0.849. The highest BCUT2D eigenvalue weighted by atomic mass is 16.2. The van der Waals surface area contributed by atoms with Crippen LogP contribution in [-0.2, 0) is 9.59 Å². The second-order valence-corrected chi connectivity index (χ2v) is 6.81. The van der Waals surface area contributed by atoms with Crippen molar-refractivity contribution in [3.05, 3.63) is 36.0 Å². The van der Waals surface area contributed by atoms with Crippen molar-refractivity contribution in [3.63, 3.8) is 0 Å². The van der Waals surface area contributed by atoms with Crippen LogP contribution in [0.25, 0.3) is 5.69 Å². The van der Waals surface area contributed by atoms with E-state index < -0.39 is 0 Å². The lowest BCUT2D eigenvalue weighted by Crippen LogP contribution is -2.40. The predicted molar refractivity (Wildman–Crippen MR) is 106 cm³/mol. The summed E-state index contributed by atoms with van der Waals surface area (Å²) in [6, 6.07) is 9.90. The summed E-state index contributed by atoms with van der Waals surface area (Å²) in [5.41, 5.74) is 2.48. The van der Waals surface area contributed by atoms with Crippen LogP contribution in [0.4, 0.5) is 11.5 Å². The largest absolute Gasteiger partial charge is 0.359 e. The molecule has 0 spiro atoms. The topological polar surface area (TPSA) is 79.3 Å². The molecule has 7 nitrogen and oxygen atoms in total. The first kappa shape index (κ1) is 18.9. The van der Waals surface area contributed by atoms with Gasteiger partial charge in [0.1, 0.15) is 5.69 Å². The van der Waals surface area contributed by atoms with E-state index in [9.17, 15) is 9.59 Å². The van der Waals surface area contributed by atoms with Crippen molar-refractivity contribution < 1.29 is 9.59 Å². The van der Waals surface area contributed by atoms with Crippen molar-refractivity contribution in [2.24, 2.45) is 5.92 Å². The molecule has 2 aromatic rings. The highest BCUT2D eigenvalue weighted by Gasteiger charge is 2.29. The van der Waals surface area contributed by atoms with Gasteiger partial charge in [-0.05, 0) is 31.9 Å². The summed E-state index contributed by atoms with van der Waals surface area (Å²) in [5, 5.41) is 10.5. The second kappa shape index (κ2) is 8.24. The molecule has 3 rings (SSSR count). The van der Waals surface area contributed by atoms with E-state index in [1.54, 1.807) is 7.05 Å². The summed E-state index contributed by atoms with van der Waals surface area (Å²) < 4.78 is 1.89. The fourth-order valence-corrected chi connectivity index (χ4v) is 3.49. The van der Waals surface area contributed by atoms with Crippen LogP contribution in [0.2, 0.25) is 0 Å². The molecule has 144 valence electrons. The maximum atomic E-state index is 12.1. The van der Waals surface area contributed by atoms with E-state index in [0.29, 0.717) is 6.42 Å². The normalized spacial score (nSPS) is 14.9. The third-order valence-corrected chi connectivity index (χ3v) is 5.03. The lowest BCUT2D eigenvalue weighted by atomic mass is 9.96. The van der Waals surface area contributed by atoms with Gasteiger partial charge >= 0.3 is 0 Å². The van der Waals surface area contributed by atoms with E-state index in [4.69, 9.17) is 5.10 Å². The minimum absolute atomic E-state index is 0.0350. The van der Waals surface area contributed by atoms with Crippen LogP contribution in [-0.4, -0.2) is 41.7 Å². The Labute approximate surface area is 159 Å². The first-order valence-corrected chi connectivity index (χ1v) is 9.46. The molecule has 0 aliphatic carbocycles. The van der Waals surface area contributed by atoms with E-state index in [2.05, 4.69) is 15.5 Å². The molecule has 27 heavy (non-hydrogen) atoms. The van der Waals surface area contributed by atoms with Gasteiger partial charge in [-0.25, -0.2) is 4.68 Å². The molecule has 0 saturated carbocycles. The van der Waals surface area contributed by atoms with Gasteiger partial charge in [0.2, 0.25) is 11.8 Å². The van der Waals surface area contributed by atoms with Crippen LogP contribution >= 0.6 is 0 Å². The molecule has 1 fully saturated rings. The Balaban J connectivity index is 1.96. The monoisotopic (exact) mass is 369 g/mol. The van der Waals surface area contributed by atoms with Gasteiger partial charge < -0.3 is 15.5 Å². The number of carbonyl (C=O) groups is 2. The number of amides is 2. The van der Waals surface area contributed by atoms with Crippen molar-refractivity contribution >= 4 is 23.3 Å². The van der Waals surface area contributed by atoms with Crippen molar-refractivity contribution in [1.29, 1.82) is 0 Å². The maximum Gasteiger partial charge on any atom is 0.224 e. The molecule has 1 aliphatic rings. The lowest BCUT2D eigenvalue weighted by Gasteiger charge is -2.33. The van der Waals surface area contributed by atoms with Crippen molar-refractivity contribution in [2.75, 3.05) is 30.4 Å². The van der Waals surface area contributed by atoms with Gasteiger partial charge in [-0.15, -0.1) is 0 Å². The van der Waals surface area contributed by atoms with E-state index >= 15 is 0 Å². The van der Waals surface area contributed by atoms with Gasteiger partial charge in [-0.2, -0.15) is 5.10 Å². The molecule has 1 aromatic carbocycles. The third kappa shape index (κ3) is 3.97. The number of aromatic nitrogens is 2. The minimum atomic E-state index is -0.0350. The van der Waals surface area contributed by atoms with Gasteiger partial charge in [0.15, 0.2) is 5.82 Å². The Hall–Kier alpha value is -2.83. The number of para-hydroxylation sites is 1. The number of benzene rings is 1. The Morgan fingerprint density at radius 3 is 2.44 bits per heavy atom. The van der Waals surface area contributed by atoms with E-state index in [1.165, 1.54) is 0 Å². The highest BCUT2D eigenvalue weighted by molar-refractivity contribution is 5.94. The van der Waals surface area contributed by atoms with Crippen LogP contribution in [0.15, 0.2) is 30.3 Å². The van der Waals surface area contributed by atoms with Crippen molar-refractivity contribution in [3.8, 4) is 5.69 Å². The molecule has 1 aliphatic heterocycles. The molecule has 1 saturated heterocycles. The number of carbonyl (C=O) groups excluding carboxylic acids is 2. The Bertz CT molecular complexity index is 807. The molecule has 7 heteroatoms. The third-order valence-electron chi connectivity index (χ3n) is 5.03. The number of hydrogen-bond acceptors (Lipinski definition) is 4. The predicted octanol–water partition coefficient (Wildman–Crippen LogP) is 2.49. The fraction of sp³-hybridized carbons (Fsp3) is 0.450. The van der Waals surface area contributed by atoms with Crippen LogP contribution in [0, 0.1) is 12.8 Å². The number of piperidine rings is 1. The summed E-state index contributed by atoms with van der Waals surface area (Å²) >= 11 is 0. The Kier molecular flexibility index (Phi) is 5.78. The van der Waals surface area contributed by atoms with E-state index in [1.807, 2.05) is 48.9 Å². The molecule has 0 atom stereocenters. The van der Waals surface area contributed by atoms with Crippen molar-refractivity contribution in [1.82, 2.24) is 15.1 Å². The van der Waals surface area contributed by atoms with Crippen LogP contribution in [0.1, 0.15) is 31.9 Å². The average molecular weight is 369 g/mol. The number of anilines is 2. The lowest BCUT2D eigenvalue weighted by molar-refractivity contribution is -0.125. The molecule has 0 radical (unpaired) electrons. The first-order chi connectivity index (χ1) is 13.0. The molecular weight excluding hydrogens is 342 g/mol. The van der Waals surface area contributed by atoms with Gasteiger partial charge in [0, 0.05) is 32.5 Å². The molecule has 1 aromatic heterocycles. The van der Waals surface area contributed by atoms with Crippen LogP contribution in [0.3, 0.4) is 0 Å². The zero-order valence-corrected chi connectivity index (χ0v) is 16.2. The molecule has 2 heterocycles. The van der Waals surface area contributed by atoms with Crippen LogP contribution < -0.4 is 15.5 Å². The fourth-order valence-electron chi connectivity index (χ4n) is 3.49. The zero-order chi connectivity index (χ0) is 19.4. The Morgan fingerprint density at radius 2 is 1.85 bits per heavy atom. The standard InChI is InChI=1S/C20H27N5O2/c1-4-17(26)22-18-14(2)23-25(16-8-6-5-7-9-16)20(18)24-12-10-15(11-13-24)19(27)21-3/h5-9,15H,4,10-13H2,1-3H3,(H,21,27)(H,22,26). The maximum absolute atomic E-state index is 12.1. The number of nitrogens with zero attached hydrogens (tertiary/aromatic N) is 3. The molecule has 0 bridgehead atoms. The number of hydrogen-bond donors (Lipinski definition) is 2. The van der Waals surface area contributed by atoms with Gasteiger partial charge in [-0.1, -0.05) is 25.1 Å². The van der Waals surface area contributed by atoms with Gasteiger partial charge in [-0.3, -0.25) is 9.59 Å². The second-order valence-electron chi connectivity index (χ2n) is 6.81. The summed E-state index contributed by atoms with van der Waals surface area (Å²) in [7, 11) is 1.68. The van der Waals surface area contributed by atoms with E-state index in [0.717, 1.165) is 48.8 Å². The van der Waals surface area contributed by atoms with E-state index in [-0.39, 0.29) is 17.7 Å². The molecule has 0 unspecified atom stereocenters. The first-order valence-electron chi connectivity index (χ1n) is 9.46. The summed E-state index contributed by atoms with van der Waals surface area (Å²) in [4.78, 5) is 26.2. The number of rotatable bonds is 5. The summed E-state index contributed by atoms with van der Waals surface area (Å²) in [5.74, 6) is 0.985. The molecular formula is C20H27N5O2. The Morgan fingerprint density at radius 1 is 1.19 bits per heavy atom. The smallest absolute Gasteiger partial charge is 0.224 e. The molecule has 2 amide bonds. The average Bonchev–Trinajstić information content (AvgIpc) is 3.04. The van der Waals surface area contributed by atoms with Gasteiger partial charge in [0.25, 0.3) is 0 Å². The number of nitrogens with one attached hydrogen (secondary N) is 2.